The second kappa shape index (κ2) is 5.68. The van der Waals surface area contributed by atoms with E-state index in [-0.39, 0.29) is 6.04 Å². The average molecular weight is 441 g/mol. The van der Waals surface area contributed by atoms with Crippen LogP contribution in [0.5, 0.6) is 0 Å². The second-order valence-electron chi connectivity index (χ2n) is 5.51. The van der Waals surface area contributed by atoms with Crippen molar-refractivity contribution < 1.29 is 0 Å². The SMILES string of the molecule is Clc1ccc2[nH]c3c(c2c1)CCNC3c1cc(Br)ccc1Br. The van der Waals surface area contributed by atoms with Gasteiger partial charge in [0.05, 0.1) is 6.04 Å². The van der Waals surface area contributed by atoms with Crippen molar-refractivity contribution in [1.29, 1.82) is 0 Å². The first-order valence-electron chi connectivity index (χ1n) is 7.12. The molecule has 2 N–H and O–H groups in total. The van der Waals surface area contributed by atoms with E-state index in [0.29, 0.717) is 0 Å². The molecular weight excluding hydrogens is 427 g/mol. The molecule has 1 atom stereocenters. The van der Waals surface area contributed by atoms with Crippen molar-refractivity contribution in [2.75, 3.05) is 6.54 Å². The van der Waals surface area contributed by atoms with E-state index in [9.17, 15) is 0 Å². The zero-order valence-electron chi connectivity index (χ0n) is 11.6. The van der Waals surface area contributed by atoms with Gasteiger partial charge in [0.25, 0.3) is 0 Å². The number of hydrogen-bond donors (Lipinski definition) is 2. The van der Waals surface area contributed by atoms with Crippen LogP contribution >= 0.6 is 43.5 Å². The zero-order valence-corrected chi connectivity index (χ0v) is 15.5. The summed E-state index contributed by atoms with van der Waals surface area (Å²) in [5, 5.41) is 5.64. The van der Waals surface area contributed by atoms with E-state index in [2.05, 4.69) is 66.4 Å². The molecule has 1 aliphatic rings. The standard InChI is InChI=1S/C17H13Br2ClN2/c18-9-1-3-14(19)13(7-9)16-17-11(5-6-21-16)12-8-10(20)2-4-15(12)22-17/h1-4,7-8,16,21-22H,5-6H2. The first-order valence-corrected chi connectivity index (χ1v) is 9.08. The third-order valence-electron chi connectivity index (χ3n) is 4.18. The highest BCUT2D eigenvalue weighted by molar-refractivity contribution is 9.11. The maximum Gasteiger partial charge on any atom is 0.0743 e. The van der Waals surface area contributed by atoms with E-state index in [1.54, 1.807) is 0 Å². The maximum atomic E-state index is 6.17. The van der Waals surface area contributed by atoms with Gasteiger partial charge in [-0.1, -0.05) is 43.5 Å². The third-order valence-corrected chi connectivity index (χ3v) is 5.63. The van der Waals surface area contributed by atoms with Gasteiger partial charge in [-0.05, 0) is 53.9 Å². The Bertz CT molecular complexity index is 872. The van der Waals surface area contributed by atoms with Crippen LogP contribution in [0, 0.1) is 0 Å². The van der Waals surface area contributed by atoms with E-state index in [0.717, 1.165) is 32.5 Å². The maximum absolute atomic E-state index is 6.17. The van der Waals surface area contributed by atoms with Gasteiger partial charge in [0.2, 0.25) is 0 Å². The van der Waals surface area contributed by atoms with Crippen LogP contribution in [0.3, 0.4) is 0 Å². The first kappa shape index (κ1) is 14.8. The predicted molar refractivity (Wildman–Crippen MR) is 98.7 cm³/mol. The van der Waals surface area contributed by atoms with Crippen molar-refractivity contribution in [3.8, 4) is 0 Å². The molecule has 5 heteroatoms. The molecule has 2 heterocycles. The van der Waals surface area contributed by atoms with Crippen molar-refractivity contribution in [3.05, 3.63) is 67.2 Å². The number of benzene rings is 2. The molecule has 0 radical (unpaired) electrons. The van der Waals surface area contributed by atoms with Crippen LogP contribution in [-0.4, -0.2) is 11.5 Å². The van der Waals surface area contributed by atoms with Crippen molar-refractivity contribution in [2.45, 2.75) is 12.5 Å². The van der Waals surface area contributed by atoms with Crippen LogP contribution < -0.4 is 5.32 Å². The fourth-order valence-corrected chi connectivity index (χ4v) is 4.23. The van der Waals surface area contributed by atoms with E-state index >= 15 is 0 Å². The Hall–Kier alpha value is -0.810. The number of halogens is 3. The highest BCUT2D eigenvalue weighted by atomic mass is 79.9. The lowest BCUT2D eigenvalue weighted by molar-refractivity contribution is 0.558. The summed E-state index contributed by atoms with van der Waals surface area (Å²) < 4.78 is 2.19. The highest BCUT2D eigenvalue weighted by Crippen LogP contribution is 2.37. The van der Waals surface area contributed by atoms with E-state index in [4.69, 9.17) is 11.6 Å². The summed E-state index contributed by atoms with van der Waals surface area (Å²) in [6.07, 6.45) is 1.01. The number of rotatable bonds is 1. The minimum atomic E-state index is 0.154. The molecule has 3 aromatic rings. The summed E-state index contributed by atoms with van der Waals surface area (Å²) in [5.74, 6) is 0. The van der Waals surface area contributed by atoms with Crippen molar-refractivity contribution in [1.82, 2.24) is 10.3 Å². The molecule has 0 saturated carbocycles. The van der Waals surface area contributed by atoms with Gasteiger partial charge in [-0.15, -0.1) is 0 Å². The van der Waals surface area contributed by atoms with Gasteiger partial charge < -0.3 is 10.3 Å². The molecule has 0 amide bonds. The van der Waals surface area contributed by atoms with Crippen LogP contribution in [0.25, 0.3) is 10.9 Å². The Balaban J connectivity index is 1.92. The third kappa shape index (κ3) is 2.42. The lowest BCUT2D eigenvalue weighted by atomic mass is 9.94. The normalized spacial score (nSPS) is 17.7. The second-order valence-corrected chi connectivity index (χ2v) is 7.72. The molecule has 0 aliphatic carbocycles. The number of nitrogens with one attached hydrogen (secondary N) is 2. The first-order chi connectivity index (χ1) is 10.6. The van der Waals surface area contributed by atoms with E-state index in [1.165, 1.54) is 22.2 Å². The summed E-state index contributed by atoms with van der Waals surface area (Å²) >= 11 is 13.4. The summed E-state index contributed by atoms with van der Waals surface area (Å²) in [4.78, 5) is 3.58. The predicted octanol–water partition coefficient (Wildman–Crippen LogP) is 5.58. The number of H-pyrrole nitrogens is 1. The molecule has 4 rings (SSSR count). The average Bonchev–Trinajstić information content (AvgIpc) is 2.88. The summed E-state index contributed by atoms with van der Waals surface area (Å²) in [6.45, 7) is 0.954. The monoisotopic (exact) mass is 438 g/mol. The molecule has 22 heavy (non-hydrogen) atoms. The van der Waals surface area contributed by atoms with Crippen LogP contribution in [0.4, 0.5) is 0 Å². The minimum absolute atomic E-state index is 0.154. The Morgan fingerprint density at radius 1 is 1.09 bits per heavy atom. The Kier molecular flexibility index (Phi) is 3.81. The van der Waals surface area contributed by atoms with Gasteiger partial charge in [0.1, 0.15) is 0 Å². The number of hydrogen-bond acceptors (Lipinski definition) is 1. The quantitative estimate of drug-likeness (QED) is 0.508. The minimum Gasteiger partial charge on any atom is -0.357 e. The molecule has 1 aliphatic heterocycles. The summed E-state index contributed by atoms with van der Waals surface area (Å²) in [7, 11) is 0. The van der Waals surface area contributed by atoms with Crippen LogP contribution in [-0.2, 0) is 6.42 Å². The van der Waals surface area contributed by atoms with E-state index < -0.39 is 0 Å². The largest absolute Gasteiger partial charge is 0.357 e. The fourth-order valence-electron chi connectivity index (χ4n) is 3.20. The molecule has 0 bridgehead atoms. The number of aromatic amines is 1. The molecule has 1 aromatic heterocycles. The molecule has 2 aromatic carbocycles. The van der Waals surface area contributed by atoms with Gasteiger partial charge in [-0.2, -0.15) is 0 Å². The molecule has 112 valence electrons. The number of fused-ring (bicyclic) bond motifs is 3. The Morgan fingerprint density at radius 3 is 2.82 bits per heavy atom. The van der Waals surface area contributed by atoms with E-state index in [1.807, 2.05) is 12.1 Å². The van der Waals surface area contributed by atoms with Crippen LogP contribution in [0.1, 0.15) is 22.9 Å². The molecule has 2 nitrogen and oxygen atoms in total. The molecule has 0 fully saturated rings. The van der Waals surface area contributed by atoms with Gasteiger partial charge in [-0.3, -0.25) is 0 Å². The van der Waals surface area contributed by atoms with Crippen molar-refractivity contribution >= 4 is 54.4 Å². The zero-order chi connectivity index (χ0) is 15.3. The van der Waals surface area contributed by atoms with Gasteiger partial charge in [0, 0.05) is 37.1 Å². The fraction of sp³-hybridized carbons (Fsp3) is 0.176. The molecule has 0 spiro atoms. The van der Waals surface area contributed by atoms with Gasteiger partial charge >= 0.3 is 0 Å². The topological polar surface area (TPSA) is 27.8 Å². The lowest BCUT2D eigenvalue weighted by Gasteiger charge is -2.26. The van der Waals surface area contributed by atoms with Gasteiger partial charge in [0.15, 0.2) is 0 Å². The highest BCUT2D eigenvalue weighted by Gasteiger charge is 2.26. The van der Waals surface area contributed by atoms with Gasteiger partial charge in [-0.25, -0.2) is 0 Å². The summed E-state index contributed by atoms with van der Waals surface area (Å²) in [6, 6.07) is 12.5. The smallest absolute Gasteiger partial charge is 0.0743 e. The molecule has 1 unspecified atom stereocenters. The van der Waals surface area contributed by atoms with Crippen LogP contribution in [0.2, 0.25) is 5.02 Å². The Morgan fingerprint density at radius 2 is 1.95 bits per heavy atom. The molecule has 0 saturated heterocycles. The van der Waals surface area contributed by atoms with Crippen LogP contribution in [0.15, 0.2) is 45.3 Å². The van der Waals surface area contributed by atoms with Crippen molar-refractivity contribution in [3.63, 3.8) is 0 Å². The summed E-state index contributed by atoms with van der Waals surface area (Å²) in [5.41, 5.74) is 4.98. The lowest BCUT2D eigenvalue weighted by Crippen LogP contribution is -2.30. The van der Waals surface area contributed by atoms with Crippen molar-refractivity contribution in [2.24, 2.45) is 0 Å². The Labute approximate surface area is 150 Å². The molecular formula is C17H13Br2ClN2. The number of aromatic nitrogens is 1.